The van der Waals surface area contributed by atoms with E-state index in [2.05, 4.69) is 4.74 Å². The minimum absolute atomic E-state index is 0.233. The van der Waals surface area contributed by atoms with Crippen LogP contribution in [0.2, 0.25) is 0 Å². The van der Waals surface area contributed by atoms with Gasteiger partial charge in [-0.25, -0.2) is 0 Å². The summed E-state index contributed by atoms with van der Waals surface area (Å²) in [6.07, 6.45) is -1.84. The fourth-order valence-corrected chi connectivity index (χ4v) is 0.755. The summed E-state index contributed by atoms with van der Waals surface area (Å²) in [4.78, 5) is 0. The van der Waals surface area contributed by atoms with Gasteiger partial charge in [-0.2, -0.15) is 0 Å². The average Bonchev–Trinajstić information content (AvgIpc) is 1.56. The Morgan fingerprint density at radius 3 is 2.20 bits per heavy atom. The minimum atomic E-state index is -4.46. The van der Waals surface area contributed by atoms with Gasteiger partial charge in [0.25, 0.3) is 0 Å². The molecule has 0 amide bonds. The molecule has 0 aromatic carbocycles. The van der Waals surface area contributed by atoms with Crippen LogP contribution in [0.3, 0.4) is 0 Å². The molecule has 0 atom stereocenters. The van der Waals surface area contributed by atoms with Crippen molar-refractivity contribution in [3.05, 3.63) is 5.92 Å². The lowest BCUT2D eigenvalue weighted by Gasteiger charge is -2.24. The molecule has 0 saturated heterocycles. The van der Waals surface area contributed by atoms with Crippen molar-refractivity contribution in [2.24, 2.45) is 0 Å². The number of ether oxygens (including phenoxy) is 1. The monoisotopic (exact) mass is 153 g/mol. The second-order valence-electron chi connectivity index (χ2n) is 2.34. The van der Waals surface area contributed by atoms with Crippen molar-refractivity contribution < 1.29 is 17.9 Å². The van der Waals surface area contributed by atoms with Crippen molar-refractivity contribution >= 4 is 0 Å². The number of alkyl halides is 3. The zero-order chi connectivity index (χ0) is 7.61. The number of hydrogen-bond acceptors (Lipinski definition) is 1. The highest BCUT2D eigenvalue weighted by atomic mass is 19.4. The first kappa shape index (κ1) is 7.85. The van der Waals surface area contributed by atoms with Crippen molar-refractivity contribution in [2.45, 2.75) is 25.6 Å². The van der Waals surface area contributed by atoms with Gasteiger partial charge in [0, 0.05) is 5.92 Å². The van der Waals surface area contributed by atoms with Gasteiger partial charge in [-0.05, 0) is 12.8 Å². The Morgan fingerprint density at radius 1 is 1.30 bits per heavy atom. The molecule has 59 valence electrons. The van der Waals surface area contributed by atoms with Gasteiger partial charge in [0.2, 0.25) is 0 Å². The van der Waals surface area contributed by atoms with Crippen LogP contribution in [-0.4, -0.2) is 13.0 Å². The van der Waals surface area contributed by atoms with Crippen LogP contribution in [0.4, 0.5) is 13.2 Å². The Labute approximate surface area is 57.2 Å². The lowest BCUT2D eigenvalue weighted by Crippen LogP contribution is -2.22. The third-order valence-corrected chi connectivity index (χ3v) is 1.50. The zero-order valence-corrected chi connectivity index (χ0v) is 5.37. The van der Waals surface area contributed by atoms with E-state index in [0.29, 0.717) is 0 Å². The third kappa shape index (κ3) is 2.56. The second kappa shape index (κ2) is 2.78. The Balaban J connectivity index is 2.04. The quantitative estimate of drug-likeness (QED) is 0.591. The van der Waals surface area contributed by atoms with E-state index in [1.807, 2.05) is 0 Å². The molecule has 0 bridgehead atoms. The molecule has 0 aromatic heterocycles. The largest absolute Gasteiger partial charge is 0.522 e. The standard InChI is InChI=1S/C6H8F3O/c7-6(8,9)10-4-5-2-1-3-5/h1-4H2. The summed E-state index contributed by atoms with van der Waals surface area (Å²) in [5, 5.41) is 0. The maximum atomic E-state index is 11.3. The van der Waals surface area contributed by atoms with Gasteiger partial charge in [0.05, 0.1) is 6.61 Å². The van der Waals surface area contributed by atoms with Gasteiger partial charge in [0.1, 0.15) is 0 Å². The highest BCUT2D eigenvalue weighted by molar-refractivity contribution is 4.97. The molecule has 0 N–H and O–H groups in total. The Morgan fingerprint density at radius 2 is 1.90 bits per heavy atom. The van der Waals surface area contributed by atoms with E-state index in [4.69, 9.17) is 0 Å². The molecule has 1 radical (unpaired) electrons. The van der Waals surface area contributed by atoms with Crippen LogP contribution in [0.15, 0.2) is 0 Å². The van der Waals surface area contributed by atoms with Gasteiger partial charge in [-0.3, -0.25) is 4.74 Å². The van der Waals surface area contributed by atoms with Crippen LogP contribution in [0.1, 0.15) is 19.3 Å². The summed E-state index contributed by atoms with van der Waals surface area (Å²) in [6.45, 7) is -0.233. The molecule has 0 spiro atoms. The normalized spacial score (nSPS) is 20.7. The van der Waals surface area contributed by atoms with E-state index >= 15 is 0 Å². The van der Waals surface area contributed by atoms with Crippen LogP contribution in [0.25, 0.3) is 0 Å². The molecule has 1 aliphatic carbocycles. The van der Waals surface area contributed by atoms with Crippen LogP contribution in [0, 0.1) is 5.92 Å². The lowest BCUT2D eigenvalue weighted by atomic mass is 9.86. The van der Waals surface area contributed by atoms with Crippen molar-refractivity contribution in [2.75, 3.05) is 6.61 Å². The zero-order valence-electron chi connectivity index (χ0n) is 5.37. The molecule has 1 fully saturated rings. The van der Waals surface area contributed by atoms with E-state index in [1.54, 1.807) is 0 Å². The summed E-state index contributed by atoms with van der Waals surface area (Å²) >= 11 is 0. The third-order valence-electron chi connectivity index (χ3n) is 1.50. The molecule has 10 heavy (non-hydrogen) atoms. The predicted octanol–water partition coefficient (Wildman–Crippen LogP) is 2.28. The predicted molar refractivity (Wildman–Crippen MR) is 29.1 cm³/mol. The van der Waals surface area contributed by atoms with E-state index < -0.39 is 6.36 Å². The summed E-state index contributed by atoms with van der Waals surface area (Å²) < 4.78 is 37.6. The van der Waals surface area contributed by atoms with Crippen molar-refractivity contribution in [3.63, 3.8) is 0 Å². The number of halogens is 3. The molecule has 1 aliphatic rings. The summed E-state index contributed by atoms with van der Waals surface area (Å²) in [5.41, 5.74) is 0. The van der Waals surface area contributed by atoms with Crippen LogP contribution < -0.4 is 0 Å². The summed E-state index contributed by atoms with van der Waals surface area (Å²) in [7, 11) is 0. The topological polar surface area (TPSA) is 9.23 Å². The molecule has 1 saturated carbocycles. The van der Waals surface area contributed by atoms with Crippen molar-refractivity contribution in [1.29, 1.82) is 0 Å². The number of hydrogen-bond donors (Lipinski definition) is 0. The van der Waals surface area contributed by atoms with Gasteiger partial charge < -0.3 is 0 Å². The molecule has 1 nitrogen and oxygen atoms in total. The first-order valence-electron chi connectivity index (χ1n) is 3.12. The van der Waals surface area contributed by atoms with Crippen molar-refractivity contribution in [3.8, 4) is 0 Å². The Kier molecular flexibility index (Phi) is 2.18. The highest BCUT2D eigenvalue weighted by Crippen LogP contribution is 2.30. The van der Waals surface area contributed by atoms with E-state index in [0.717, 1.165) is 25.2 Å². The average molecular weight is 153 g/mol. The molecular weight excluding hydrogens is 145 g/mol. The van der Waals surface area contributed by atoms with Crippen LogP contribution >= 0.6 is 0 Å². The fraction of sp³-hybridized carbons (Fsp3) is 0.833. The molecule has 0 heterocycles. The highest BCUT2D eigenvalue weighted by Gasteiger charge is 2.31. The lowest BCUT2D eigenvalue weighted by molar-refractivity contribution is -0.323. The Hall–Kier alpha value is -0.250. The second-order valence-corrected chi connectivity index (χ2v) is 2.34. The first-order valence-corrected chi connectivity index (χ1v) is 3.12. The van der Waals surface area contributed by atoms with Gasteiger partial charge in [-0.15, -0.1) is 13.2 Å². The van der Waals surface area contributed by atoms with E-state index in [1.165, 1.54) is 0 Å². The molecule has 0 unspecified atom stereocenters. The first-order chi connectivity index (χ1) is 4.58. The SMILES string of the molecule is FC(F)(F)OC[C]1CCC1. The Bertz CT molecular complexity index is 106. The fourth-order valence-electron chi connectivity index (χ4n) is 0.755. The molecule has 4 heteroatoms. The summed E-state index contributed by atoms with van der Waals surface area (Å²) in [5.74, 6) is 0.873. The van der Waals surface area contributed by atoms with Gasteiger partial charge in [0.15, 0.2) is 0 Å². The van der Waals surface area contributed by atoms with Gasteiger partial charge in [-0.1, -0.05) is 6.42 Å². The van der Waals surface area contributed by atoms with Crippen LogP contribution in [-0.2, 0) is 4.74 Å². The van der Waals surface area contributed by atoms with E-state index in [-0.39, 0.29) is 6.61 Å². The summed E-state index contributed by atoms with van der Waals surface area (Å²) in [6, 6.07) is 0. The molecule has 0 aromatic rings. The maximum Gasteiger partial charge on any atom is 0.522 e. The molecular formula is C6H8F3O. The molecule has 1 rings (SSSR count). The molecule has 0 aliphatic heterocycles. The van der Waals surface area contributed by atoms with Crippen molar-refractivity contribution in [1.82, 2.24) is 0 Å². The minimum Gasteiger partial charge on any atom is -0.291 e. The number of rotatable bonds is 2. The van der Waals surface area contributed by atoms with Crippen LogP contribution in [0.5, 0.6) is 0 Å². The smallest absolute Gasteiger partial charge is 0.291 e. The van der Waals surface area contributed by atoms with Gasteiger partial charge >= 0.3 is 6.36 Å². The maximum absolute atomic E-state index is 11.3. The van der Waals surface area contributed by atoms with E-state index in [9.17, 15) is 13.2 Å².